The van der Waals surface area contributed by atoms with Crippen LogP contribution in [0, 0.1) is 5.92 Å². The van der Waals surface area contributed by atoms with E-state index in [2.05, 4.69) is 15.6 Å². The molecule has 2 N–H and O–H groups in total. The van der Waals surface area contributed by atoms with E-state index in [0.29, 0.717) is 12.2 Å². The fraction of sp³-hybridized carbons (Fsp3) is 0.160. The SMILES string of the molecule is O=C(CCC(CSc1nc2ccccc2s1)C(=O)Nc1ccccc1)Nc1ccccc1. The maximum atomic E-state index is 13.0. The number of aromatic nitrogens is 1. The van der Waals surface area contributed by atoms with Gasteiger partial charge in [0.2, 0.25) is 11.8 Å². The zero-order valence-electron chi connectivity index (χ0n) is 17.4. The largest absolute Gasteiger partial charge is 0.326 e. The lowest BCUT2D eigenvalue weighted by Crippen LogP contribution is -2.26. The number of rotatable bonds is 9. The van der Waals surface area contributed by atoms with E-state index >= 15 is 0 Å². The van der Waals surface area contributed by atoms with Crippen LogP contribution in [0.1, 0.15) is 12.8 Å². The van der Waals surface area contributed by atoms with Gasteiger partial charge in [-0.15, -0.1) is 11.3 Å². The molecule has 0 aliphatic rings. The van der Waals surface area contributed by atoms with Crippen molar-refractivity contribution in [2.75, 3.05) is 16.4 Å². The minimum atomic E-state index is -0.325. The molecule has 0 radical (unpaired) electrons. The van der Waals surface area contributed by atoms with Crippen molar-refractivity contribution in [2.24, 2.45) is 5.92 Å². The summed E-state index contributed by atoms with van der Waals surface area (Å²) in [6, 6.07) is 26.7. The molecule has 162 valence electrons. The number of hydrogen-bond acceptors (Lipinski definition) is 5. The number of anilines is 2. The Balaban J connectivity index is 1.40. The number of carbonyl (C=O) groups is 2. The normalized spacial score (nSPS) is 11.8. The van der Waals surface area contributed by atoms with Crippen molar-refractivity contribution in [3.8, 4) is 0 Å². The van der Waals surface area contributed by atoms with E-state index in [1.54, 1.807) is 23.1 Å². The maximum Gasteiger partial charge on any atom is 0.228 e. The quantitative estimate of drug-likeness (QED) is 0.297. The average molecular weight is 462 g/mol. The first kappa shape index (κ1) is 22.0. The summed E-state index contributed by atoms with van der Waals surface area (Å²) >= 11 is 3.19. The first-order valence-electron chi connectivity index (χ1n) is 10.4. The van der Waals surface area contributed by atoms with Gasteiger partial charge in [-0.2, -0.15) is 0 Å². The Bertz CT molecular complexity index is 1150. The lowest BCUT2D eigenvalue weighted by molar-refractivity contribution is -0.120. The molecule has 0 saturated carbocycles. The minimum absolute atomic E-state index is 0.0858. The van der Waals surface area contributed by atoms with Crippen molar-refractivity contribution >= 4 is 56.5 Å². The van der Waals surface area contributed by atoms with Crippen LogP contribution in [0.4, 0.5) is 11.4 Å². The number of amides is 2. The van der Waals surface area contributed by atoms with Gasteiger partial charge < -0.3 is 10.6 Å². The van der Waals surface area contributed by atoms with E-state index in [4.69, 9.17) is 0 Å². The summed E-state index contributed by atoms with van der Waals surface area (Å²) in [7, 11) is 0. The molecule has 1 unspecified atom stereocenters. The molecule has 32 heavy (non-hydrogen) atoms. The van der Waals surface area contributed by atoms with Crippen LogP contribution >= 0.6 is 23.1 Å². The Morgan fingerprint density at radius 1 is 0.844 bits per heavy atom. The average Bonchev–Trinajstić information content (AvgIpc) is 3.23. The molecule has 0 aliphatic carbocycles. The number of carbonyl (C=O) groups excluding carboxylic acids is 2. The molecule has 1 atom stereocenters. The highest BCUT2D eigenvalue weighted by molar-refractivity contribution is 8.01. The number of thioether (sulfide) groups is 1. The zero-order valence-corrected chi connectivity index (χ0v) is 19.0. The summed E-state index contributed by atoms with van der Waals surface area (Å²) < 4.78 is 2.06. The monoisotopic (exact) mass is 461 g/mol. The van der Waals surface area contributed by atoms with E-state index < -0.39 is 0 Å². The summed E-state index contributed by atoms with van der Waals surface area (Å²) in [5.41, 5.74) is 2.47. The molecule has 0 aliphatic heterocycles. The van der Waals surface area contributed by atoms with Gasteiger partial charge >= 0.3 is 0 Å². The second-order valence-corrected chi connectivity index (χ2v) is 9.56. The smallest absolute Gasteiger partial charge is 0.228 e. The van der Waals surface area contributed by atoms with Crippen LogP contribution in [0.25, 0.3) is 10.2 Å². The molecule has 1 aromatic heterocycles. The van der Waals surface area contributed by atoms with Crippen molar-refractivity contribution in [3.05, 3.63) is 84.9 Å². The van der Waals surface area contributed by atoms with Crippen LogP contribution in [0.15, 0.2) is 89.3 Å². The minimum Gasteiger partial charge on any atom is -0.326 e. The van der Waals surface area contributed by atoms with Crippen molar-refractivity contribution in [3.63, 3.8) is 0 Å². The van der Waals surface area contributed by atoms with Gasteiger partial charge in [-0.1, -0.05) is 60.3 Å². The van der Waals surface area contributed by atoms with Crippen molar-refractivity contribution in [2.45, 2.75) is 17.2 Å². The third kappa shape index (κ3) is 6.18. The Hall–Kier alpha value is -3.16. The molecule has 0 saturated heterocycles. The van der Waals surface area contributed by atoms with Crippen LogP contribution in [-0.4, -0.2) is 22.6 Å². The molecule has 3 aromatic carbocycles. The summed E-state index contributed by atoms with van der Waals surface area (Å²) in [6.07, 6.45) is 0.720. The lowest BCUT2D eigenvalue weighted by Gasteiger charge is -2.16. The molecule has 7 heteroatoms. The number of hydrogen-bond donors (Lipinski definition) is 2. The van der Waals surface area contributed by atoms with Crippen LogP contribution in [0.5, 0.6) is 0 Å². The highest BCUT2D eigenvalue weighted by Gasteiger charge is 2.21. The van der Waals surface area contributed by atoms with E-state index in [9.17, 15) is 9.59 Å². The molecule has 0 fully saturated rings. The van der Waals surface area contributed by atoms with Crippen LogP contribution in [0.3, 0.4) is 0 Å². The van der Waals surface area contributed by atoms with Gasteiger partial charge in [-0.3, -0.25) is 9.59 Å². The highest BCUT2D eigenvalue weighted by Crippen LogP contribution is 2.31. The summed E-state index contributed by atoms with van der Waals surface area (Å²) in [5, 5.41) is 5.87. The Morgan fingerprint density at radius 3 is 2.16 bits per heavy atom. The lowest BCUT2D eigenvalue weighted by atomic mass is 10.0. The maximum absolute atomic E-state index is 13.0. The number of para-hydroxylation sites is 3. The summed E-state index contributed by atoms with van der Waals surface area (Å²) in [6.45, 7) is 0. The van der Waals surface area contributed by atoms with Gasteiger partial charge in [0.25, 0.3) is 0 Å². The summed E-state index contributed by atoms with van der Waals surface area (Å²) in [5.74, 6) is 0.0432. The molecule has 0 spiro atoms. The van der Waals surface area contributed by atoms with Gasteiger partial charge in [0.15, 0.2) is 4.34 Å². The van der Waals surface area contributed by atoms with Crippen LogP contribution in [-0.2, 0) is 9.59 Å². The fourth-order valence-corrected chi connectivity index (χ4v) is 5.42. The molecule has 4 aromatic rings. The van der Waals surface area contributed by atoms with Crippen molar-refractivity contribution < 1.29 is 9.59 Å². The Labute approximate surface area is 195 Å². The predicted molar refractivity (Wildman–Crippen MR) is 133 cm³/mol. The Kier molecular flexibility index (Phi) is 7.53. The number of nitrogens with one attached hydrogen (secondary N) is 2. The van der Waals surface area contributed by atoms with Gasteiger partial charge in [-0.05, 0) is 42.8 Å². The standard InChI is InChI=1S/C25H23N3O2S2/c29-23(26-19-9-3-1-4-10-19)16-15-18(24(30)27-20-11-5-2-6-12-20)17-31-25-28-21-13-7-8-14-22(21)32-25/h1-14,18H,15-17H2,(H,26,29)(H,27,30). The number of benzene rings is 3. The number of fused-ring (bicyclic) bond motifs is 1. The van der Waals surface area contributed by atoms with Crippen LogP contribution < -0.4 is 10.6 Å². The van der Waals surface area contributed by atoms with Gasteiger partial charge in [-0.25, -0.2) is 4.98 Å². The first-order valence-corrected chi connectivity index (χ1v) is 12.2. The van der Waals surface area contributed by atoms with E-state index in [1.165, 1.54) is 0 Å². The molecule has 5 nitrogen and oxygen atoms in total. The van der Waals surface area contributed by atoms with E-state index in [0.717, 1.165) is 25.9 Å². The van der Waals surface area contributed by atoms with Gasteiger partial charge in [0.1, 0.15) is 0 Å². The molecular weight excluding hydrogens is 438 g/mol. The fourth-order valence-electron chi connectivity index (χ4n) is 3.19. The van der Waals surface area contributed by atoms with Gasteiger partial charge in [0.05, 0.1) is 10.2 Å². The summed E-state index contributed by atoms with van der Waals surface area (Å²) in [4.78, 5) is 30.1. The second kappa shape index (κ2) is 10.9. The molecule has 0 bridgehead atoms. The van der Waals surface area contributed by atoms with Crippen LogP contribution in [0.2, 0.25) is 0 Å². The number of nitrogens with zero attached hydrogens (tertiary/aromatic N) is 1. The van der Waals surface area contributed by atoms with E-state index in [-0.39, 0.29) is 24.2 Å². The topological polar surface area (TPSA) is 71.1 Å². The molecule has 4 rings (SSSR count). The number of thiazole rings is 1. The third-order valence-electron chi connectivity index (χ3n) is 4.87. The molecule has 2 amide bonds. The van der Waals surface area contributed by atoms with Crippen molar-refractivity contribution in [1.29, 1.82) is 0 Å². The molecular formula is C25H23N3O2S2. The van der Waals surface area contributed by atoms with Gasteiger partial charge in [0, 0.05) is 29.5 Å². The molecule has 1 heterocycles. The predicted octanol–water partition coefficient (Wildman–Crippen LogP) is 6.06. The highest BCUT2D eigenvalue weighted by atomic mass is 32.2. The Morgan fingerprint density at radius 2 is 1.47 bits per heavy atom. The third-order valence-corrected chi connectivity index (χ3v) is 7.21. The van der Waals surface area contributed by atoms with E-state index in [1.807, 2.05) is 84.9 Å². The zero-order chi connectivity index (χ0) is 22.2. The van der Waals surface area contributed by atoms with Crippen molar-refractivity contribution in [1.82, 2.24) is 4.98 Å². The second-order valence-electron chi connectivity index (χ2n) is 7.26. The first-order chi connectivity index (χ1) is 15.7.